The van der Waals surface area contributed by atoms with Crippen molar-refractivity contribution in [3.8, 4) is 0 Å². The largest absolute Gasteiger partial charge is 0.300 e. The van der Waals surface area contributed by atoms with Gasteiger partial charge in [-0.25, -0.2) is 0 Å². The molecule has 1 saturated carbocycles. The molecular weight excluding hydrogens is 196 g/mol. The van der Waals surface area contributed by atoms with Gasteiger partial charge in [-0.2, -0.15) is 0 Å². The van der Waals surface area contributed by atoms with Crippen LogP contribution in [0.25, 0.3) is 10.8 Å². The van der Waals surface area contributed by atoms with Gasteiger partial charge < -0.3 is 0 Å². The van der Waals surface area contributed by atoms with Crippen molar-refractivity contribution in [1.82, 2.24) is 0 Å². The number of fused-ring (bicyclic) bond motifs is 1. The molecule has 0 amide bonds. The summed E-state index contributed by atoms with van der Waals surface area (Å²) in [6.07, 6.45) is 2.52. The molecule has 1 heteroatoms. The van der Waals surface area contributed by atoms with E-state index < -0.39 is 0 Å². The van der Waals surface area contributed by atoms with Crippen LogP contribution in [0.1, 0.15) is 30.7 Å². The van der Waals surface area contributed by atoms with E-state index in [0.29, 0.717) is 11.7 Å². The maximum atomic E-state index is 11.3. The minimum absolute atomic E-state index is 0.415. The summed E-state index contributed by atoms with van der Waals surface area (Å²) in [6, 6.07) is 14.9. The lowest BCUT2D eigenvalue weighted by Gasteiger charge is -2.09. The van der Waals surface area contributed by atoms with Crippen LogP contribution in [-0.2, 0) is 4.79 Å². The highest BCUT2D eigenvalue weighted by Crippen LogP contribution is 2.33. The van der Waals surface area contributed by atoms with Crippen molar-refractivity contribution in [3.63, 3.8) is 0 Å². The van der Waals surface area contributed by atoms with E-state index in [4.69, 9.17) is 0 Å². The smallest absolute Gasteiger partial charge is 0.133 e. The SMILES string of the molecule is O=C1CC[C@H](c2ccc3ccccc3c2)C1. The molecule has 0 radical (unpaired) electrons. The fourth-order valence-electron chi connectivity index (χ4n) is 2.56. The molecule has 1 aliphatic carbocycles. The van der Waals surface area contributed by atoms with Crippen molar-refractivity contribution in [3.05, 3.63) is 48.0 Å². The van der Waals surface area contributed by atoms with Crippen molar-refractivity contribution in [2.45, 2.75) is 25.2 Å². The van der Waals surface area contributed by atoms with Gasteiger partial charge >= 0.3 is 0 Å². The van der Waals surface area contributed by atoms with Gasteiger partial charge in [0.05, 0.1) is 0 Å². The van der Waals surface area contributed by atoms with Gasteiger partial charge in [-0.05, 0) is 28.7 Å². The van der Waals surface area contributed by atoms with Gasteiger partial charge in [-0.15, -0.1) is 0 Å². The van der Waals surface area contributed by atoms with Crippen LogP contribution in [0.4, 0.5) is 0 Å². The van der Waals surface area contributed by atoms with E-state index in [9.17, 15) is 4.79 Å². The molecule has 1 fully saturated rings. The first-order valence-corrected chi connectivity index (χ1v) is 5.83. The van der Waals surface area contributed by atoms with E-state index in [1.807, 2.05) is 0 Å². The van der Waals surface area contributed by atoms with Crippen molar-refractivity contribution < 1.29 is 4.79 Å². The van der Waals surface area contributed by atoms with Crippen LogP contribution in [0.3, 0.4) is 0 Å². The molecule has 0 heterocycles. The molecule has 0 aliphatic heterocycles. The predicted octanol–water partition coefficient (Wildman–Crippen LogP) is 3.68. The first kappa shape index (κ1) is 9.59. The summed E-state index contributed by atoms with van der Waals surface area (Å²) >= 11 is 0. The van der Waals surface area contributed by atoms with E-state index >= 15 is 0 Å². The van der Waals surface area contributed by atoms with Crippen molar-refractivity contribution in [2.24, 2.45) is 0 Å². The summed E-state index contributed by atoms with van der Waals surface area (Å²) in [5.41, 5.74) is 1.32. The number of carbonyl (C=O) groups is 1. The molecule has 1 atom stereocenters. The van der Waals surface area contributed by atoms with Crippen LogP contribution >= 0.6 is 0 Å². The summed E-state index contributed by atoms with van der Waals surface area (Å²) in [6.45, 7) is 0. The second-order valence-corrected chi connectivity index (χ2v) is 4.58. The molecule has 16 heavy (non-hydrogen) atoms. The van der Waals surface area contributed by atoms with Crippen LogP contribution in [0, 0.1) is 0 Å². The number of rotatable bonds is 1. The summed E-state index contributed by atoms with van der Waals surface area (Å²) < 4.78 is 0. The lowest BCUT2D eigenvalue weighted by molar-refractivity contribution is -0.117. The summed E-state index contributed by atoms with van der Waals surface area (Å²) in [7, 11) is 0. The second-order valence-electron chi connectivity index (χ2n) is 4.58. The lowest BCUT2D eigenvalue weighted by atomic mass is 9.95. The molecule has 0 N–H and O–H groups in total. The van der Waals surface area contributed by atoms with Gasteiger partial charge in [0, 0.05) is 12.8 Å². The summed E-state index contributed by atoms with van der Waals surface area (Å²) in [5.74, 6) is 0.871. The maximum Gasteiger partial charge on any atom is 0.133 e. The van der Waals surface area contributed by atoms with Crippen LogP contribution in [0.5, 0.6) is 0 Å². The Hall–Kier alpha value is -1.63. The Morgan fingerprint density at radius 2 is 1.81 bits per heavy atom. The number of hydrogen-bond acceptors (Lipinski definition) is 1. The Bertz CT molecular complexity index is 542. The molecule has 0 aromatic heterocycles. The Morgan fingerprint density at radius 3 is 2.56 bits per heavy atom. The first-order valence-electron chi connectivity index (χ1n) is 5.83. The average Bonchev–Trinajstić information content (AvgIpc) is 2.75. The molecule has 0 spiro atoms. The Labute approximate surface area is 95.1 Å². The van der Waals surface area contributed by atoms with E-state index in [1.54, 1.807) is 0 Å². The zero-order valence-electron chi connectivity index (χ0n) is 9.15. The van der Waals surface area contributed by atoms with Gasteiger partial charge in [0.2, 0.25) is 0 Å². The van der Waals surface area contributed by atoms with Gasteiger partial charge in [-0.3, -0.25) is 4.79 Å². The van der Waals surface area contributed by atoms with Gasteiger partial charge in [0.1, 0.15) is 5.78 Å². The third kappa shape index (κ3) is 1.63. The lowest BCUT2D eigenvalue weighted by Crippen LogP contribution is -1.93. The van der Waals surface area contributed by atoms with Crippen LogP contribution < -0.4 is 0 Å². The third-order valence-corrected chi connectivity index (χ3v) is 3.49. The quantitative estimate of drug-likeness (QED) is 0.701. The monoisotopic (exact) mass is 210 g/mol. The second kappa shape index (κ2) is 3.75. The molecular formula is C15H14O. The number of Topliss-reactive ketones (excluding diaryl/α,β-unsaturated/α-hetero) is 1. The molecule has 0 bridgehead atoms. The van der Waals surface area contributed by atoms with Gasteiger partial charge in [0.25, 0.3) is 0 Å². The Kier molecular flexibility index (Phi) is 2.24. The zero-order valence-corrected chi connectivity index (χ0v) is 9.15. The normalized spacial score (nSPS) is 20.5. The standard InChI is InChI=1S/C15H14O/c16-15-8-7-14(10-15)13-6-5-11-3-1-2-4-12(11)9-13/h1-6,9,14H,7-8,10H2/t14-/m0/s1. The highest BCUT2D eigenvalue weighted by Gasteiger charge is 2.23. The highest BCUT2D eigenvalue weighted by molar-refractivity contribution is 5.85. The molecule has 2 aromatic rings. The first-order chi connectivity index (χ1) is 7.83. The predicted molar refractivity (Wildman–Crippen MR) is 65.5 cm³/mol. The molecule has 0 unspecified atom stereocenters. The average molecular weight is 210 g/mol. The van der Waals surface area contributed by atoms with Crippen LogP contribution in [0.2, 0.25) is 0 Å². The van der Waals surface area contributed by atoms with Crippen LogP contribution in [0.15, 0.2) is 42.5 Å². The minimum atomic E-state index is 0.415. The molecule has 2 aromatic carbocycles. The fourth-order valence-corrected chi connectivity index (χ4v) is 2.56. The van der Waals surface area contributed by atoms with E-state index in [1.165, 1.54) is 16.3 Å². The number of hydrogen-bond donors (Lipinski definition) is 0. The maximum absolute atomic E-state index is 11.3. The minimum Gasteiger partial charge on any atom is -0.300 e. The Morgan fingerprint density at radius 1 is 1.00 bits per heavy atom. The van der Waals surface area contributed by atoms with Crippen molar-refractivity contribution >= 4 is 16.6 Å². The van der Waals surface area contributed by atoms with Gasteiger partial charge in [0.15, 0.2) is 0 Å². The molecule has 1 aliphatic rings. The fraction of sp³-hybridized carbons (Fsp3) is 0.267. The molecule has 80 valence electrons. The topological polar surface area (TPSA) is 17.1 Å². The summed E-state index contributed by atoms with van der Waals surface area (Å²) in [4.78, 5) is 11.3. The number of benzene rings is 2. The summed E-state index contributed by atoms with van der Waals surface area (Å²) in [5, 5.41) is 2.55. The molecule has 3 rings (SSSR count). The van der Waals surface area contributed by atoms with Gasteiger partial charge in [-0.1, -0.05) is 42.5 Å². The van der Waals surface area contributed by atoms with Crippen molar-refractivity contribution in [1.29, 1.82) is 0 Å². The molecule has 1 nitrogen and oxygen atoms in total. The number of ketones is 1. The van der Waals surface area contributed by atoms with Crippen LogP contribution in [-0.4, -0.2) is 5.78 Å². The highest BCUT2D eigenvalue weighted by atomic mass is 16.1. The zero-order chi connectivity index (χ0) is 11.0. The van der Waals surface area contributed by atoms with Crippen molar-refractivity contribution in [2.75, 3.05) is 0 Å². The Balaban J connectivity index is 2.02. The van der Waals surface area contributed by atoms with E-state index in [2.05, 4.69) is 42.5 Å². The van der Waals surface area contributed by atoms with E-state index in [0.717, 1.165) is 19.3 Å². The number of carbonyl (C=O) groups excluding carboxylic acids is 1. The van der Waals surface area contributed by atoms with E-state index in [-0.39, 0.29) is 0 Å². The third-order valence-electron chi connectivity index (χ3n) is 3.49. The molecule has 0 saturated heterocycles.